The maximum absolute atomic E-state index is 13.2. The summed E-state index contributed by atoms with van der Waals surface area (Å²) < 4.78 is 0. The molecule has 4 aliphatic rings. The Morgan fingerprint density at radius 3 is 2.66 bits per heavy atom. The van der Waals surface area contributed by atoms with Gasteiger partial charge in [-0.3, -0.25) is 14.9 Å². The molecule has 4 rings (SSSR count). The van der Waals surface area contributed by atoms with E-state index in [-0.39, 0.29) is 35.4 Å². The van der Waals surface area contributed by atoms with Crippen LogP contribution in [0.15, 0.2) is 23.8 Å². The van der Waals surface area contributed by atoms with Crippen molar-refractivity contribution in [3.63, 3.8) is 0 Å². The number of aliphatic hydroxyl groups excluding tert-OH is 1. The number of rotatable bonds is 3. The molecule has 0 aromatic heterocycles. The highest BCUT2D eigenvalue weighted by Crippen LogP contribution is 2.67. The minimum atomic E-state index is -1.82. The lowest BCUT2D eigenvalue weighted by Gasteiger charge is -2.59. The van der Waals surface area contributed by atoms with Crippen molar-refractivity contribution in [1.29, 1.82) is 0 Å². The molecule has 6 heteroatoms. The Kier molecular flexibility index (Phi) is 4.57. The van der Waals surface area contributed by atoms with Crippen LogP contribution in [0.3, 0.4) is 0 Å². The van der Waals surface area contributed by atoms with Crippen molar-refractivity contribution in [1.82, 2.24) is 5.32 Å². The summed E-state index contributed by atoms with van der Waals surface area (Å²) in [6, 6.07) is 0. The molecule has 3 fully saturated rings. The van der Waals surface area contributed by atoms with Crippen LogP contribution in [0.1, 0.15) is 52.9 Å². The second kappa shape index (κ2) is 6.33. The Hall–Kier alpha value is -1.34. The van der Waals surface area contributed by atoms with Crippen molar-refractivity contribution in [3.05, 3.63) is 23.8 Å². The molecule has 6 nitrogen and oxygen atoms in total. The number of Topliss-reactive ketones (excluding diaryl/α,β-unsaturated/α-hetero) is 1. The van der Waals surface area contributed by atoms with Crippen molar-refractivity contribution >= 4 is 11.6 Å². The normalized spacial score (nSPS) is 48.2. The van der Waals surface area contributed by atoms with Gasteiger partial charge in [-0.2, -0.15) is 0 Å². The Morgan fingerprint density at radius 1 is 1.31 bits per heavy atom. The third kappa shape index (κ3) is 2.62. The summed E-state index contributed by atoms with van der Waals surface area (Å²) in [7, 11) is 1.49. The van der Waals surface area contributed by atoms with Gasteiger partial charge in [-0.15, -0.1) is 0 Å². The lowest BCUT2D eigenvalue weighted by molar-refractivity contribution is -0.190. The van der Waals surface area contributed by atoms with Crippen LogP contribution in [0.5, 0.6) is 0 Å². The van der Waals surface area contributed by atoms with E-state index in [1.807, 2.05) is 13.0 Å². The Morgan fingerprint density at radius 2 is 2.00 bits per heavy atom. The van der Waals surface area contributed by atoms with Crippen LogP contribution >= 0.6 is 0 Å². The third-order valence-electron chi connectivity index (χ3n) is 8.95. The average molecular weight is 404 g/mol. The Bertz CT molecular complexity index is 816. The second-order valence-corrected chi connectivity index (χ2v) is 10.3. The molecular weight excluding hydrogens is 370 g/mol. The smallest absolute Gasteiger partial charge is 0.210 e. The first-order valence-corrected chi connectivity index (χ1v) is 10.7. The largest absolute Gasteiger partial charge is 0.393 e. The highest BCUT2D eigenvalue weighted by atomic mass is 16.3. The number of hydrogen-bond acceptors (Lipinski definition) is 6. The highest BCUT2D eigenvalue weighted by molar-refractivity contribution is 6.01. The molecule has 4 N–H and O–H groups in total. The monoisotopic (exact) mass is 403 g/mol. The zero-order valence-corrected chi connectivity index (χ0v) is 17.7. The van der Waals surface area contributed by atoms with Crippen molar-refractivity contribution in [2.75, 3.05) is 7.05 Å². The van der Waals surface area contributed by atoms with Crippen LogP contribution in [0.25, 0.3) is 0 Å². The van der Waals surface area contributed by atoms with Gasteiger partial charge in [0.2, 0.25) is 5.78 Å². The number of nitrogens with one attached hydrogen (secondary N) is 1. The number of hydrogen-bond donors (Lipinski definition) is 4. The average Bonchev–Trinajstić information content (AvgIpc) is 2.93. The minimum absolute atomic E-state index is 0.00111. The fourth-order valence-electron chi connectivity index (χ4n) is 7.22. The zero-order chi connectivity index (χ0) is 21.4. The molecule has 8 atom stereocenters. The zero-order valence-electron chi connectivity index (χ0n) is 17.7. The SMILES string of the molecule is CNC(C)(O)C(=O)[C@@]1(O)CC[C@H]2[C@@H]3CCC4=CC(=O)C=C[C@]4(C)[C@H]3[C@@H](O)C[C@@]21C. The van der Waals surface area contributed by atoms with Gasteiger partial charge in [0.15, 0.2) is 11.5 Å². The first-order valence-electron chi connectivity index (χ1n) is 10.7. The molecule has 3 saturated carbocycles. The summed E-state index contributed by atoms with van der Waals surface area (Å²) >= 11 is 0. The predicted octanol–water partition coefficient (Wildman–Crippen LogP) is 1.49. The van der Waals surface area contributed by atoms with Gasteiger partial charge in [-0.1, -0.05) is 25.5 Å². The Labute approximate surface area is 172 Å². The molecule has 0 radical (unpaired) electrons. The summed E-state index contributed by atoms with van der Waals surface area (Å²) in [5.74, 6) is -0.450. The van der Waals surface area contributed by atoms with E-state index in [1.54, 1.807) is 12.2 Å². The molecule has 4 aliphatic carbocycles. The van der Waals surface area contributed by atoms with E-state index in [0.717, 1.165) is 18.4 Å². The minimum Gasteiger partial charge on any atom is -0.393 e. The molecule has 29 heavy (non-hydrogen) atoms. The number of fused-ring (bicyclic) bond motifs is 5. The Balaban J connectivity index is 1.73. The second-order valence-electron chi connectivity index (χ2n) is 10.3. The van der Waals surface area contributed by atoms with Crippen LogP contribution < -0.4 is 5.32 Å². The van der Waals surface area contributed by atoms with Gasteiger partial charge in [0.1, 0.15) is 5.60 Å². The van der Waals surface area contributed by atoms with Crippen molar-refractivity contribution in [3.8, 4) is 0 Å². The summed E-state index contributed by atoms with van der Waals surface area (Å²) in [4.78, 5) is 25.1. The van der Waals surface area contributed by atoms with Crippen molar-refractivity contribution < 1.29 is 24.9 Å². The van der Waals surface area contributed by atoms with E-state index in [4.69, 9.17) is 0 Å². The van der Waals surface area contributed by atoms with E-state index in [2.05, 4.69) is 12.2 Å². The first kappa shape index (κ1) is 20.9. The number of allylic oxidation sites excluding steroid dienone is 4. The standard InChI is InChI=1S/C23H33NO5/c1-20-9-7-14(25)11-13(20)5-6-15-16-8-10-23(29,19(27)22(3,28)24-4)21(16,2)12-17(26)18(15)20/h7,9,11,15-18,24,26,28-29H,5-6,8,10,12H2,1-4H3/t15-,16-,17-,18+,20-,21-,22?,23-/m0/s1. The quantitative estimate of drug-likeness (QED) is 0.532. The molecule has 0 aromatic rings. The first-order chi connectivity index (χ1) is 13.4. The van der Waals surface area contributed by atoms with E-state index >= 15 is 0 Å². The van der Waals surface area contributed by atoms with Crippen molar-refractivity contribution in [2.24, 2.45) is 28.6 Å². The molecule has 1 unspecified atom stereocenters. The summed E-state index contributed by atoms with van der Waals surface area (Å²) in [5, 5.41) is 36.0. The molecule has 0 saturated heterocycles. The molecule has 0 bridgehead atoms. The molecule has 160 valence electrons. The van der Waals surface area contributed by atoms with E-state index in [1.165, 1.54) is 14.0 Å². The highest BCUT2D eigenvalue weighted by Gasteiger charge is 2.69. The van der Waals surface area contributed by atoms with Gasteiger partial charge >= 0.3 is 0 Å². The van der Waals surface area contributed by atoms with Gasteiger partial charge < -0.3 is 15.3 Å². The third-order valence-corrected chi connectivity index (χ3v) is 8.95. The van der Waals surface area contributed by atoms with E-state index in [9.17, 15) is 24.9 Å². The van der Waals surface area contributed by atoms with Crippen LogP contribution in [-0.2, 0) is 9.59 Å². The fourth-order valence-corrected chi connectivity index (χ4v) is 7.22. The predicted molar refractivity (Wildman–Crippen MR) is 108 cm³/mol. The molecule has 0 heterocycles. The summed E-state index contributed by atoms with van der Waals surface area (Å²) in [6.07, 6.45) is 7.45. The lowest BCUT2D eigenvalue weighted by Crippen LogP contribution is -2.66. The van der Waals surface area contributed by atoms with Crippen LogP contribution in [0, 0.1) is 28.6 Å². The fraction of sp³-hybridized carbons (Fsp3) is 0.739. The molecule has 0 amide bonds. The maximum Gasteiger partial charge on any atom is 0.210 e. The number of likely N-dealkylation sites (N-methyl/N-ethyl adjacent to an activating group) is 1. The van der Waals surface area contributed by atoms with Gasteiger partial charge in [-0.25, -0.2) is 0 Å². The van der Waals surface area contributed by atoms with Gasteiger partial charge in [0.25, 0.3) is 0 Å². The molecule has 0 aliphatic heterocycles. The van der Waals surface area contributed by atoms with Crippen molar-refractivity contribution in [2.45, 2.75) is 70.3 Å². The van der Waals surface area contributed by atoms with Gasteiger partial charge in [0, 0.05) is 16.7 Å². The van der Waals surface area contributed by atoms with Crippen LogP contribution in [0.4, 0.5) is 0 Å². The molecule has 0 spiro atoms. The van der Waals surface area contributed by atoms with Crippen LogP contribution in [0.2, 0.25) is 0 Å². The number of aliphatic hydroxyl groups is 3. The van der Waals surface area contributed by atoms with Crippen LogP contribution in [-0.4, -0.2) is 51.4 Å². The lowest BCUT2D eigenvalue weighted by atomic mass is 9.46. The number of ketones is 2. The topological polar surface area (TPSA) is 107 Å². The van der Waals surface area contributed by atoms with E-state index < -0.39 is 28.6 Å². The molecular formula is C23H33NO5. The van der Waals surface area contributed by atoms with E-state index in [0.29, 0.717) is 12.8 Å². The summed E-state index contributed by atoms with van der Waals surface area (Å²) in [5.41, 5.74) is -3.62. The maximum atomic E-state index is 13.2. The molecule has 0 aromatic carbocycles. The van der Waals surface area contributed by atoms with Gasteiger partial charge in [-0.05, 0) is 70.1 Å². The number of carbonyl (C=O) groups is 2. The number of carbonyl (C=O) groups excluding carboxylic acids is 2. The van der Waals surface area contributed by atoms with Gasteiger partial charge in [0.05, 0.1) is 6.10 Å². The summed E-state index contributed by atoms with van der Waals surface area (Å²) in [6.45, 7) is 5.37.